The van der Waals surface area contributed by atoms with Crippen LogP contribution in [0.5, 0.6) is 0 Å². The van der Waals surface area contributed by atoms with Crippen molar-refractivity contribution in [2.45, 2.75) is 25.8 Å². The van der Waals surface area contributed by atoms with Crippen LogP contribution in [0.15, 0.2) is 36.9 Å². The maximum Gasteiger partial charge on any atom is 0.0945 e. The molecule has 4 heteroatoms. The fraction of sp³-hybridized carbons (Fsp3) is 0.308. The van der Waals surface area contributed by atoms with E-state index < -0.39 is 0 Å². The van der Waals surface area contributed by atoms with Gasteiger partial charge >= 0.3 is 0 Å². The van der Waals surface area contributed by atoms with E-state index in [0.29, 0.717) is 5.92 Å². The zero-order valence-electron chi connectivity index (χ0n) is 10.0. The lowest BCUT2D eigenvalue weighted by atomic mass is 9.95. The van der Waals surface area contributed by atoms with Crippen molar-refractivity contribution in [2.24, 2.45) is 0 Å². The van der Waals surface area contributed by atoms with Crippen molar-refractivity contribution >= 4 is 11.4 Å². The van der Waals surface area contributed by atoms with Gasteiger partial charge in [-0.1, -0.05) is 6.92 Å². The van der Waals surface area contributed by atoms with Gasteiger partial charge in [-0.2, -0.15) is 0 Å². The number of benzene rings is 1. The van der Waals surface area contributed by atoms with Crippen LogP contribution >= 0.6 is 0 Å². The summed E-state index contributed by atoms with van der Waals surface area (Å²) in [6, 6.07) is 5.67. The minimum atomic E-state index is 0.390. The van der Waals surface area contributed by atoms with Gasteiger partial charge in [0.05, 0.1) is 6.33 Å². The largest absolute Gasteiger partial charge is 0.399 e. The standard InChI is InChI=1S/C13H18N4/c1-10(4-6-17-7-5-16-9-17)12-8-11(14)2-3-13(12)15/h2-3,5,7-10H,4,6,14-15H2,1H3. The molecule has 4 nitrogen and oxygen atoms in total. The first-order valence-electron chi connectivity index (χ1n) is 5.77. The summed E-state index contributed by atoms with van der Waals surface area (Å²) in [6.45, 7) is 3.11. The lowest BCUT2D eigenvalue weighted by Crippen LogP contribution is -2.04. The van der Waals surface area contributed by atoms with Gasteiger partial charge in [0.1, 0.15) is 0 Å². The molecule has 0 bridgehead atoms. The molecule has 0 saturated carbocycles. The third kappa shape index (κ3) is 2.78. The van der Waals surface area contributed by atoms with E-state index in [1.165, 1.54) is 0 Å². The summed E-state index contributed by atoms with van der Waals surface area (Å²) in [4.78, 5) is 4.02. The monoisotopic (exact) mass is 230 g/mol. The molecule has 0 amide bonds. The molecule has 0 fully saturated rings. The molecule has 1 unspecified atom stereocenters. The highest BCUT2D eigenvalue weighted by molar-refractivity contribution is 5.56. The molecule has 4 N–H and O–H groups in total. The maximum absolute atomic E-state index is 5.96. The normalized spacial score (nSPS) is 12.5. The van der Waals surface area contributed by atoms with Crippen molar-refractivity contribution in [3.05, 3.63) is 42.5 Å². The minimum Gasteiger partial charge on any atom is -0.399 e. The van der Waals surface area contributed by atoms with Crippen LogP contribution in [0, 0.1) is 0 Å². The van der Waals surface area contributed by atoms with Crippen LogP contribution in [0.3, 0.4) is 0 Å². The van der Waals surface area contributed by atoms with Gasteiger partial charge in [0.2, 0.25) is 0 Å². The summed E-state index contributed by atoms with van der Waals surface area (Å²) in [5.74, 6) is 0.390. The quantitative estimate of drug-likeness (QED) is 0.791. The predicted molar refractivity (Wildman–Crippen MR) is 70.5 cm³/mol. The number of aromatic nitrogens is 2. The molecule has 1 atom stereocenters. The van der Waals surface area contributed by atoms with Gasteiger partial charge in [0, 0.05) is 30.3 Å². The average Bonchev–Trinajstić information content (AvgIpc) is 2.82. The van der Waals surface area contributed by atoms with Gasteiger partial charge in [-0.3, -0.25) is 0 Å². The first-order valence-corrected chi connectivity index (χ1v) is 5.77. The van der Waals surface area contributed by atoms with Gasteiger partial charge in [-0.25, -0.2) is 4.98 Å². The molecular weight excluding hydrogens is 212 g/mol. The summed E-state index contributed by atoms with van der Waals surface area (Å²) in [7, 11) is 0. The van der Waals surface area contributed by atoms with Crippen LogP contribution in [0.1, 0.15) is 24.8 Å². The van der Waals surface area contributed by atoms with Crippen molar-refractivity contribution in [2.75, 3.05) is 11.5 Å². The van der Waals surface area contributed by atoms with E-state index in [0.717, 1.165) is 29.9 Å². The van der Waals surface area contributed by atoms with E-state index in [2.05, 4.69) is 16.5 Å². The van der Waals surface area contributed by atoms with E-state index in [9.17, 15) is 0 Å². The minimum absolute atomic E-state index is 0.390. The van der Waals surface area contributed by atoms with Crippen molar-refractivity contribution < 1.29 is 0 Å². The highest BCUT2D eigenvalue weighted by Gasteiger charge is 2.09. The van der Waals surface area contributed by atoms with E-state index in [4.69, 9.17) is 11.5 Å². The molecule has 2 aromatic rings. The Morgan fingerprint density at radius 1 is 1.35 bits per heavy atom. The second-order valence-corrected chi connectivity index (χ2v) is 4.38. The number of aryl methyl sites for hydroxylation is 1. The van der Waals surface area contributed by atoms with E-state index in [1.54, 1.807) is 6.20 Å². The van der Waals surface area contributed by atoms with Crippen LogP contribution in [0.4, 0.5) is 11.4 Å². The molecule has 0 aliphatic carbocycles. The topological polar surface area (TPSA) is 69.9 Å². The fourth-order valence-corrected chi connectivity index (χ4v) is 1.94. The third-order valence-electron chi connectivity index (χ3n) is 3.02. The summed E-state index contributed by atoms with van der Waals surface area (Å²) in [6.07, 6.45) is 6.61. The molecule has 17 heavy (non-hydrogen) atoms. The van der Waals surface area contributed by atoms with E-state index in [-0.39, 0.29) is 0 Å². The fourth-order valence-electron chi connectivity index (χ4n) is 1.94. The van der Waals surface area contributed by atoms with Crippen molar-refractivity contribution in [3.63, 3.8) is 0 Å². The Hall–Kier alpha value is -1.97. The number of rotatable bonds is 4. The number of hydrogen-bond acceptors (Lipinski definition) is 3. The number of hydrogen-bond donors (Lipinski definition) is 2. The molecule has 0 saturated heterocycles. The van der Waals surface area contributed by atoms with E-state index >= 15 is 0 Å². The van der Waals surface area contributed by atoms with Crippen LogP contribution < -0.4 is 11.5 Å². The number of anilines is 2. The summed E-state index contributed by atoms with van der Waals surface area (Å²) in [5, 5.41) is 0. The van der Waals surface area contributed by atoms with Gasteiger partial charge in [-0.15, -0.1) is 0 Å². The van der Waals surface area contributed by atoms with Crippen molar-refractivity contribution in [1.82, 2.24) is 9.55 Å². The first kappa shape index (κ1) is 11.5. The molecule has 0 aliphatic heterocycles. The van der Waals surface area contributed by atoms with Crippen molar-refractivity contribution in [3.8, 4) is 0 Å². The summed E-state index contributed by atoms with van der Waals surface area (Å²) >= 11 is 0. The number of nitrogens with two attached hydrogens (primary N) is 2. The average molecular weight is 230 g/mol. The Labute approximate surface area is 101 Å². The van der Waals surface area contributed by atoms with Crippen LogP contribution in [0.2, 0.25) is 0 Å². The zero-order valence-corrected chi connectivity index (χ0v) is 10.0. The predicted octanol–water partition coefficient (Wildman–Crippen LogP) is 2.24. The molecule has 0 radical (unpaired) electrons. The second kappa shape index (κ2) is 4.91. The van der Waals surface area contributed by atoms with Gasteiger partial charge in [0.15, 0.2) is 0 Å². The molecule has 0 aliphatic rings. The summed E-state index contributed by atoms with van der Waals surface area (Å²) in [5.41, 5.74) is 14.5. The zero-order chi connectivity index (χ0) is 12.3. The molecule has 90 valence electrons. The second-order valence-electron chi connectivity index (χ2n) is 4.38. The van der Waals surface area contributed by atoms with Crippen LogP contribution in [-0.4, -0.2) is 9.55 Å². The molecule has 1 aromatic heterocycles. The third-order valence-corrected chi connectivity index (χ3v) is 3.02. The van der Waals surface area contributed by atoms with Gasteiger partial charge < -0.3 is 16.0 Å². The Balaban J connectivity index is 2.04. The Bertz CT molecular complexity index is 476. The Morgan fingerprint density at radius 2 is 2.18 bits per heavy atom. The lowest BCUT2D eigenvalue weighted by Gasteiger charge is -2.15. The van der Waals surface area contributed by atoms with Gasteiger partial charge in [-0.05, 0) is 36.1 Å². The molecular formula is C13H18N4. The van der Waals surface area contributed by atoms with Crippen LogP contribution in [-0.2, 0) is 6.54 Å². The Morgan fingerprint density at radius 3 is 2.88 bits per heavy atom. The highest BCUT2D eigenvalue weighted by Crippen LogP contribution is 2.27. The number of nitrogens with zero attached hydrogens (tertiary/aromatic N) is 2. The lowest BCUT2D eigenvalue weighted by molar-refractivity contribution is 0.577. The maximum atomic E-state index is 5.96. The smallest absolute Gasteiger partial charge is 0.0945 e. The number of nitrogen functional groups attached to an aromatic ring is 2. The van der Waals surface area contributed by atoms with Crippen LogP contribution in [0.25, 0.3) is 0 Å². The van der Waals surface area contributed by atoms with E-state index in [1.807, 2.05) is 30.7 Å². The molecule has 2 rings (SSSR count). The summed E-state index contributed by atoms with van der Waals surface area (Å²) < 4.78 is 2.07. The first-order chi connectivity index (χ1) is 8.16. The molecule has 1 aromatic carbocycles. The molecule has 1 heterocycles. The Kier molecular flexibility index (Phi) is 3.32. The highest BCUT2D eigenvalue weighted by atomic mass is 15.0. The SMILES string of the molecule is CC(CCn1ccnc1)c1cc(N)ccc1N. The number of imidazole rings is 1. The van der Waals surface area contributed by atoms with Gasteiger partial charge in [0.25, 0.3) is 0 Å². The molecule has 0 spiro atoms. The van der Waals surface area contributed by atoms with Crippen molar-refractivity contribution in [1.29, 1.82) is 0 Å².